The van der Waals surface area contributed by atoms with E-state index >= 15 is 0 Å². The molecule has 0 saturated heterocycles. The Morgan fingerprint density at radius 1 is 1.31 bits per heavy atom. The van der Waals surface area contributed by atoms with Gasteiger partial charge >= 0.3 is 6.01 Å². The molecule has 5 nitrogen and oxygen atoms in total. The molecule has 92 valence electrons. The highest BCUT2D eigenvalue weighted by atomic mass is 16.4. The largest absolute Gasteiger partial charge is 0.406 e. The lowest BCUT2D eigenvalue weighted by Gasteiger charge is -2.18. The standard InChI is InChI=1S/C11H22N4O/c1-6-7-12-8(2)9-14-15-10(16-9)13-11(3,4)5/h8,12H,6-7H2,1-5H3,(H,13,15). The van der Waals surface area contributed by atoms with Gasteiger partial charge in [-0.2, -0.15) is 0 Å². The van der Waals surface area contributed by atoms with E-state index in [1.54, 1.807) is 0 Å². The molecular weight excluding hydrogens is 204 g/mol. The van der Waals surface area contributed by atoms with Crippen LogP contribution in [0, 0.1) is 0 Å². The number of hydrogen-bond donors (Lipinski definition) is 2. The zero-order valence-corrected chi connectivity index (χ0v) is 10.8. The van der Waals surface area contributed by atoms with Crippen molar-refractivity contribution in [1.82, 2.24) is 15.5 Å². The Labute approximate surface area is 97.0 Å². The molecule has 0 aromatic carbocycles. The van der Waals surface area contributed by atoms with Crippen molar-refractivity contribution in [2.24, 2.45) is 0 Å². The summed E-state index contributed by atoms with van der Waals surface area (Å²) in [6, 6.07) is 0.579. The fraction of sp³-hybridized carbons (Fsp3) is 0.818. The van der Waals surface area contributed by atoms with Gasteiger partial charge in [0.05, 0.1) is 6.04 Å². The van der Waals surface area contributed by atoms with Gasteiger partial charge in [-0.3, -0.25) is 0 Å². The summed E-state index contributed by atoms with van der Waals surface area (Å²) in [5.74, 6) is 0.625. The van der Waals surface area contributed by atoms with E-state index in [9.17, 15) is 0 Å². The van der Waals surface area contributed by atoms with Gasteiger partial charge in [0.15, 0.2) is 0 Å². The minimum atomic E-state index is -0.0656. The van der Waals surface area contributed by atoms with Crippen molar-refractivity contribution in [1.29, 1.82) is 0 Å². The summed E-state index contributed by atoms with van der Waals surface area (Å²) < 4.78 is 5.52. The Bertz CT molecular complexity index is 316. The van der Waals surface area contributed by atoms with E-state index in [0.29, 0.717) is 11.9 Å². The van der Waals surface area contributed by atoms with E-state index in [2.05, 4.69) is 48.5 Å². The van der Waals surface area contributed by atoms with Crippen LogP contribution in [0.2, 0.25) is 0 Å². The van der Waals surface area contributed by atoms with Crippen molar-refractivity contribution in [3.63, 3.8) is 0 Å². The molecule has 1 rings (SSSR count). The molecule has 0 fully saturated rings. The van der Waals surface area contributed by atoms with E-state index < -0.39 is 0 Å². The molecule has 16 heavy (non-hydrogen) atoms. The fourth-order valence-corrected chi connectivity index (χ4v) is 1.23. The first-order chi connectivity index (χ1) is 7.42. The normalized spacial score (nSPS) is 13.8. The van der Waals surface area contributed by atoms with E-state index in [-0.39, 0.29) is 11.6 Å². The minimum Gasteiger partial charge on any atom is -0.406 e. The second kappa shape index (κ2) is 5.30. The average Bonchev–Trinajstić information content (AvgIpc) is 2.59. The van der Waals surface area contributed by atoms with Gasteiger partial charge in [0.2, 0.25) is 5.89 Å². The SMILES string of the molecule is CCCNC(C)c1nnc(NC(C)(C)C)o1. The molecule has 1 heterocycles. The van der Waals surface area contributed by atoms with E-state index in [1.807, 2.05) is 6.92 Å². The van der Waals surface area contributed by atoms with E-state index in [4.69, 9.17) is 4.42 Å². The van der Waals surface area contributed by atoms with Crippen molar-refractivity contribution in [3.05, 3.63) is 5.89 Å². The molecule has 0 aliphatic carbocycles. The van der Waals surface area contributed by atoms with Crippen molar-refractivity contribution < 1.29 is 4.42 Å². The first-order valence-corrected chi connectivity index (χ1v) is 5.77. The van der Waals surface area contributed by atoms with Crippen molar-refractivity contribution >= 4 is 6.01 Å². The smallest absolute Gasteiger partial charge is 0.315 e. The van der Waals surface area contributed by atoms with Crippen LogP contribution in [0.15, 0.2) is 4.42 Å². The molecule has 0 saturated carbocycles. The van der Waals surface area contributed by atoms with Gasteiger partial charge in [0.1, 0.15) is 0 Å². The number of anilines is 1. The minimum absolute atomic E-state index is 0.0656. The zero-order valence-electron chi connectivity index (χ0n) is 10.8. The summed E-state index contributed by atoms with van der Waals surface area (Å²) >= 11 is 0. The van der Waals surface area contributed by atoms with Gasteiger partial charge in [0, 0.05) is 5.54 Å². The van der Waals surface area contributed by atoms with Crippen LogP contribution >= 0.6 is 0 Å². The summed E-state index contributed by atoms with van der Waals surface area (Å²) in [5.41, 5.74) is -0.0656. The maximum absolute atomic E-state index is 5.52. The number of nitrogens with zero attached hydrogens (tertiary/aromatic N) is 2. The molecule has 1 unspecified atom stereocenters. The van der Waals surface area contributed by atoms with Crippen LogP contribution in [0.25, 0.3) is 0 Å². The topological polar surface area (TPSA) is 63.0 Å². The highest BCUT2D eigenvalue weighted by molar-refractivity contribution is 5.22. The number of rotatable bonds is 5. The molecule has 5 heteroatoms. The highest BCUT2D eigenvalue weighted by Gasteiger charge is 2.16. The average molecular weight is 226 g/mol. The second-order valence-electron chi connectivity index (χ2n) is 5.00. The van der Waals surface area contributed by atoms with Gasteiger partial charge in [0.25, 0.3) is 0 Å². The first-order valence-electron chi connectivity index (χ1n) is 5.77. The zero-order chi connectivity index (χ0) is 12.2. The number of nitrogens with one attached hydrogen (secondary N) is 2. The third-order valence-corrected chi connectivity index (χ3v) is 1.99. The first kappa shape index (κ1) is 13.0. The molecular formula is C11H22N4O. The van der Waals surface area contributed by atoms with Crippen LogP contribution in [-0.2, 0) is 0 Å². The van der Waals surface area contributed by atoms with Gasteiger partial charge < -0.3 is 15.1 Å². The maximum atomic E-state index is 5.52. The number of aromatic nitrogens is 2. The molecule has 1 aromatic heterocycles. The second-order valence-corrected chi connectivity index (χ2v) is 5.00. The van der Waals surface area contributed by atoms with Gasteiger partial charge in [-0.15, -0.1) is 5.10 Å². The van der Waals surface area contributed by atoms with Crippen LogP contribution in [0.3, 0.4) is 0 Å². The maximum Gasteiger partial charge on any atom is 0.315 e. The van der Waals surface area contributed by atoms with Crippen molar-refractivity contribution in [2.45, 2.75) is 52.6 Å². The molecule has 0 amide bonds. The summed E-state index contributed by atoms with van der Waals surface area (Å²) in [6.45, 7) is 11.2. The predicted octanol–water partition coefficient (Wildman–Crippen LogP) is 2.34. The summed E-state index contributed by atoms with van der Waals surface area (Å²) in [5, 5.41) is 14.4. The van der Waals surface area contributed by atoms with Gasteiger partial charge in [-0.05, 0) is 40.7 Å². The Balaban J connectivity index is 2.57. The van der Waals surface area contributed by atoms with Crippen molar-refractivity contribution in [3.8, 4) is 0 Å². The molecule has 0 bridgehead atoms. The molecule has 0 aliphatic heterocycles. The van der Waals surface area contributed by atoms with Gasteiger partial charge in [-0.1, -0.05) is 12.0 Å². The molecule has 0 aliphatic rings. The Morgan fingerprint density at radius 3 is 2.56 bits per heavy atom. The van der Waals surface area contributed by atoms with E-state index in [0.717, 1.165) is 13.0 Å². The number of hydrogen-bond acceptors (Lipinski definition) is 5. The Kier molecular flexibility index (Phi) is 4.29. The van der Waals surface area contributed by atoms with Crippen LogP contribution in [0.4, 0.5) is 6.01 Å². The highest BCUT2D eigenvalue weighted by Crippen LogP contribution is 2.16. The van der Waals surface area contributed by atoms with E-state index in [1.165, 1.54) is 0 Å². The monoisotopic (exact) mass is 226 g/mol. The van der Waals surface area contributed by atoms with Crippen LogP contribution in [0.5, 0.6) is 0 Å². The fourth-order valence-electron chi connectivity index (χ4n) is 1.23. The Morgan fingerprint density at radius 2 is 2.00 bits per heavy atom. The molecule has 1 aromatic rings. The molecule has 2 N–H and O–H groups in total. The molecule has 0 spiro atoms. The predicted molar refractivity (Wildman–Crippen MR) is 64.4 cm³/mol. The van der Waals surface area contributed by atoms with Crippen LogP contribution < -0.4 is 10.6 Å². The van der Waals surface area contributed by atoms with Gasteiger partial charge in [-0.25, -0.2) is 0 Å². The summed E-state index contributed by atoms with van der Waals surface area (Å²) in [4.78, 5) is 0. The molecule has 0 radical (unpaired) electrons. The van der Waals surface area contributed by atoms with Crippen LogP contribution in [-0.4, -0.2) is 22.3 Å². The third kappa shape index (κ3) is 4.18. The lowest BCUT2D eigenvalue weighted by molar-refractivity contribution is 0.417. The van der Waals surface area contributed by atoms with Crippen molar-refractivity contribution in [2.75, 3.05) is 11.9 Å². The lowest BCUT2D eigenvalue weighted by atomic mass is 10.1. The quantitative estimate of drug-likeness (QED) is 0.807. The molecule has 1 atom stereocenters. The van der Waals surface area contributed by atoms with Crippen LogP contribution in [0.1, 0.15) is 53.0 Å². The summed E-state index contributed by atoms with van der Waals surface area (Å²) in [7, 11) is 0. The Hall–Kier alpha value is -1.10. The lowest BCUT2D eigenvalue weighted by Crippen LogP contribution is -2.26. The summed E-state index contributed by atoms with van der Waals surface area (Å²) in [6.07, 6.45) is 1.09. The third-order valence-electron chi connectivity index (χ3n) is 1.99.